The molecule has 39 heavy (non-hydrogen) atoms. The van der Waals surface area contributed by atoms with Crippen LogP contribution >= 0.6 is 0 Å². The first-order valence-corrected chi connectivity index (χ1v) is 12.9. The second kappa shape index (κ2) is 11.6. The topological polar surface area (TPSA) is 88.9 Å². The summed E-state index contributed by atoms with van der Waals surface area (Å²) in [6, 6.07) is 22.0. The van der Waals surface area contributed by atoms with E-state index in [1.54, 1.807) is 23.9 Å². The third kappa shape index (κ3) is 6.04. The molecule has 5 rings (SSSR count). The Labute approximate surface area is 226 Å². The summed E-state index contributed by atoms with van der Waals surface area (Å²) >= 11 is 0. The minimum atomic E-state index is -0.288. The van der Waals surface area contributed by atoms with Crippen LogP contribution in [0, 0.1) is 12.7 Å². The van der Waals surface area contributed by atoms with Gasteiger partial charge in [-0.25, -0.2) is 9.07 Å². The number of fused-ring (bicyclic) bond motifs is 1. The SMILES string of the molecule is CC[C@@H](c1nnnn1Cc1ccc(F)cc1)N(Cc1ccc(OC)cc1)Cc1cc2cc(C)ccc2[nH]c1=O. The molecule has 0 aliphatic rings. The van der Waals surface area contributed by atoms with Crippen molar-refractivity contribution in [3.63, 3.8) is 0 Å². The summed E-state index contributed by atoms with van der Waals surface area (Å²) in [5, 5.41) is 13.6. The molecule has 1 N–H and O–H groups in total. The molecule has 0 spiro atoms. The van der Waals surface area contributed by atoms with Gasteiger partial charge in [-0.15, -0.1) is 5.10 Å². The summed E-state index contributed by atoms with van der Waals surface area (Å²) < 4.78 is 20.5. The molecular weight excluding hydrogens is 495 g/mol. The van der Waals surface area contributed by atoms with Gasteiger partial charge in [-0.1, -0.05) is 42.8 Å². The van der Waals surface area contributed by atoms with E-state index in [1.165, 1.54) is 12.1 Å². The number of nitrogens with one attached hydrogen (secondary N) is 1. The molecule has 200 valence electrons. The second-order valence-corrected chi connectivity index (χ2v) is 9.71. The zero-order chi connectivity index (χ0) is 27.4. The fourth-order valence-electron chi connectivity index (χ4n) is 4.88. The average Bonchev–Trinajstić information content (AvgIpc) is 3.39. The van der Waals surface area contributed by atoms with Crippen LogP contribution in [-0.4, -0.2) is 37.2 Å². The van der Waals surface area contributed by atoms with Crippen LogP contribution in [0.3, 0.4) is 0 Å². The van der Waals surface area contributed by atoms with E-state index < -0.39 is 0 Å². The van der Waals surface area contributed by atoms with Crippen LogP contribution in [0.2, 0.25) is 0 Å². The Morgan fingerprint density at radius 2 is 1.74 bits per heavy atom. The lowest BCUT2D eigenvalue weighted by molar-refractivity contribution is 0.161. The number of methoxy groups -OCH3 is 1. The number of H-pyrrole nitrogens is 1. The van der Waals surface area contributed by atoms with Crippen LogP contribution in [0.1, 0.15) is 47.5 Å². The second-order valence-electron chi connectivity index (χ2n) is 9.71. The normalized spacial score (nSPS) is 12.2. The molecule has 0 bridgehead atoms. The van der Waals surface area contributed by atoms with Crippen molar-refractivity contribution >= 4 is 10.9 Å². The minimum absolute atomic E-state index is 0.119. The molecule has 2 heterocycles. The summed E-state index contributed by atoms with van der Waals surface area (Å²) in [6.07, 6.45) is 0.713. The first-order valence-electron chi connectivity index (χ1n) is 12.9. The van der Waals surface area contributed by atoms with Crippen molar-refractivity contribution in [3.8, 4) is 5.75 Å². The number of aromatic amines is 1. The highest BCUT2D eigenvalue weighted by molar-refractivity contribution is 5.79. The van der Waals surface area contributed by atoms with E-state index in [9.17, 15) is 9.18 Å². The Bertz CT molecular complexity index is 1610. The minimum Gasteiger partial charge on any atom is -0.497 e. The lowest BCUT2D eigenvalue weighted by atomic mass is 10.1. The van der Waals surface area contributed by atoms with E-state index in [0.717, 1.165) is 33.3 Å². The first-order chi connectivity index (χ1) is 18.9. The quantitative estimate of drug-likeness (QED) is 0.270. The molecule has 5 aromatic rings. The van der Waals surface area contributed by atoms with Gasteiger partial charge in [0.15, 0.2) is 5.82 Å². The van der Waals surface area contributed by atoms with E-state index in [2.05, 4.69) is 38.4 Å². The molecule has 0 amide bonds. The number of pyridine rings is 1. The van der Waals surface area contributed by atoms with E-state index in [0.29, 0.717) is 37.4 Å². The lowest BCUT2D eigenvalue weighted by Crippen LogP contribution is -2.32. The highest BCUT2D eigenvalue weighted by Crippen LogP contribution is 2.27. The molecule has 3 aromatic carbocycles. The number of hydrogen-bond acceptors (Lipinski definition) is 6. The van der Waals surface area contributed by atoms with E-state index in [-0.39, 0.29) is 17.4 Å². The highest BCUT2D eigenvalue weighted by atomic mass is 19.1. The van der Waals surface area contributed by atoms with E-state index >= 15 is 0 Å². The van der Waals surface area contributed by atoms with Gasteiger partial charge in [-0.2, -0.15) is 0 Å². The van der Waals surface area contributed by atoms with Gasteiger partial charge in [0.1, 0.15) is 11.6 Å². The number of rotatable bonds is 10. The van der Waals surface area contributed by atoms with Crippen LogP contribution in [0.15, 0.2) is 77.6 Å². The number of aromatic nitrogens is 5. The Morgan fingerprint density at radius 3 is 2.46 bits per heavy atom. The number of halogens is 1. The van der Waals surface area contributed by atoms with Crippen molar-refractivity contribution in [2.45, 2.75) is 45.9 Å². The van der Waals surface area contributed by atoms with E-state index in [1.807, 2.05) is 49.4 Å². The van der Waals surface area contributed by atoms with Crippen molar-refractivity contribution in [1.29, 1.82) is 0 Å². The molecule has 9 heteroatoms. The zero-order valence-corrected chi connectivity index (χ0v) is 22.3. The Kier molecular flexibility index (Phi) is 7.79. The molecule has 0 fully saturated rings. The first kappa shape index (κ1) is 26.2. The Morgan fingerprint density at radius 1 is 1.00 bits per heavy atom. The van der Waals surface area contributed by atoms with Gasteiger partial charge in [-0.3, -0.25) is 9.69 Å². The summed E-state index contributed by atoms with van der Waals surface area (Å²) in [5.74, 6) is 1.17. The number of nitrogens with zero attached hydrogens (tertiary/aromatic N) is 5. The van der Waals surface area contributed by atoms with Crippen molar-refractivity contribution in [3.05, 3.63) is 117 Å². The van der Waals surface area contributed by atoms with Crippen LogP contribution in [0.25, 0.3) is 10.9 Å². The molecule has 0 saturated carbocycles. The smallest absolute Gasteiger partial charge is 0.252 e. The molecule has 2 aromatic heterocycles. The van der Waals surface area contributed by atoms with Crippen molar-refractivity contribution in [1.82, 2.24) is 30.1 Å². The average molecular weight is 527 g/mol. The standard InChI is InChI=1S/C30H31FN6O2/c1-4-28(29-33-34-35-37(29)18-22-6-10-25(31)11-7-22)36(17-21-8-12-26(39-3)13-9-21)19-24-16-23-15-20(2)5-14-27(23)32-30(24)38/h5-16,28H,4,17-19H2,1-3H3,(H,32,38)/t28-/m0/s1. The van der Waals surface area contributed by atoms with Crippen LogP contribution in [0.5, 0.6) is 5.75 Å². The van der Waals surface area contributed by atoms with Gasteiger partial charge >= 0.3 is 0 Å². The lowest BCUT2D eigenvalue weighted by Gasteiger charge is -2.30. The van der Waals surface area contributed by atoms with Crippen LogP contribution in [0.4, 0.5) is 4.39 Å². The largest absolute Gasteiger partial charge is 0.497 e. The van der Waals surface area contributed by atoms with E-state index in [4.69, 9.17) is 4.74 Å². The van der Waals surface area contributed by atoms with Gasteiger partial charge in [0, 0.05) is 24.2 Å². The summed E-state index contributed by atoms with van der Waals surface area (Å²) in [6.45, 7) is 5.49. The number of benzene rings is 3. The van der Waals surface area contributed by atoms with Gasteiger partial charge in [-0.05, 0) is 82.7 Å². The van der Waals surface area contributed by atoms with Gasteiger partial charge in [0.05, 0.1) is 19.7 Å². The van der Waals surface area contributed by atoms with Crippen molar-refractivity contribution in [2.75, 3.05) is 7.11 Å². The fraction of sp³-hybridized carbons (Fsp3) is 0.267. The molecule has 1 atom stereocenters. The van der Waals surface area contributed by atoms with Crippen molar-refractivity contribution in [2.24, 2.45) is 0 Å². The maximum Gasteiger partial charge on any atom is 0.252 e. The molecule has 0 saturated heterocycles. The van der Waals surface area contributed by atoms with Gasteiger partial charge < -0.3 is 9.72 Å². The summed E-state index contributed by atoms with van der Waals surface area (Å²) in [7, 11) is 1.64. The van der Waals surface area contributed by atoms with Gasteiger partial charge in [0.25, 0.3) is 5.56 Å². The van der Waals surface area contributed by atoms with Gasteiger partial charge in [0.2, 0.25) is 0 Å². The molecule has 0 aliphatic carbocycles. The molecule has 0 aliphatic heterocycles. The molecule has 8 nitrogen and oxygen atoms in total. The number of aryl methyl sites for hydroxylation is 1. The van der Waals surface area contributed by atoms with Crippen LogP contribution < -0.4 is 10.3 Å². The molecule has 0 unspecified atom stereocenters. The van der Waals surface area contributed by atoms with Crippen LogP contribution in [-0.2, 0) is 19.6 Å². The Balaban J connectivity index is 1.51. The Hall–Kier alpha value is -4.37. The molecule has 0 radical (unpaired) electrons. The predicted octanol–water partition coefficient (Wildman–Crippen LogP) is 5.17. The number of hydrogen-bond donors (Lipinski definition) is 1. The maximum atomic E-state index is 13.5. The zero-order valence-electron chi connectivity index (χ0n) is 22.3. The third-order valence-electron chi connectivity index (χ3n) is 6.93. The maximum absolute atomic E-state index is 13.5. The molecular formula is C30H31FN6O2. The summed E-state index contributed by atoms with van der Waals surface area (Å²) in [4.78, 5) is 18.4. The predicted molar refractivity (Wildman–Crippen MR) is 148 cm³/mol. The third-order valence-corrected chi connectivity index (χ3v) is 6.93. The fourth-order valence-corrected chi connectivity index (χ4v) is 4.88. The summed E-state index contributed by atoms with van der Waals surface area (Å²) in [5.41, 5.74) is 4.44. The van der Waals surface area contributed by atoms with Crippen molar-refractivity contribution < 1.29 is 9.13 Å². The number of tetrazole rings is 1. The highest BCUT2D eigenvalue weighted by Gasteiger charge is 2.26. The number of ether oxygens (including phenoxy) is 1. The monoisotopic (exact) mass is 526 g/mol.